The van der Waals surface area contributed by atoms with E-state index in [0.717, 1.165) is 9.87 Å². The second kappa shape index (κ2) is 16.3. The van der Waals surface area contributed by atoms with E-state index in [1.807, 2.05) is 50.2 Å². The molecule has 2 amide bonds. The van der Waals surface area contributed by atoms with Gasteiger partial charge in [0.15, 0.2) is 0 Å². The maximum atomic E-state index is 14.6. The lowest BCUT2D eigenvalue weighted by atomic mass is 10.0. The standard InChI is InChI=1S/C36H40ClN3O6S/c1-5-26(2)38-36(42)34(22-27-11-7-6-8-12-27)39(24-28-13-9-16-32(21-28)46-4)35(41)25-40(30-15-10-14-29(37)23-30)47(43,44)33-19-17-31(45-3)18-20-33/h6-21,23,26,34H,5,22,24-25H2,1-4H3,(H,38,42). The van der Waals surface area contributed by atoms with Gasteiger partial charge in [-0.2, -0.15) is 0 Å². The smallest absolute Gasteiger partial charge is 0.264 e. The molecular formula is C36H40ClN3O6S. The van der Waals surface area contributed by atoms with E-state index < -0.39 is 28.5 Å². The Bertz CT molecular complexity index is 1750. The number of hydrogen-bond acceptors (Lipinski definition) is 6. The molecule has 0 saturated heterocycles. The molecule has 0 radical (unpaired) electrons. The van der Waals surface area contributed by atoms with Crippen LogP contribution in [0, 0.1) is 0 Å². The van der Waals surface area contributed by atoms with Crippen LogP contribution in [0.3, 0.4) is 0 Å². The van der Waals surface area contributed by atoms with Crippen LogP contribution in [0.1, 0.15) is 31.4 Å². The zero-order chi connectivity index (χ0) is 34.0. The largest absolute Gasteiger partial charge is 0.497 e. The molecule has 0 aromatic heterocycles. The van der Waals surface area contributed by atoms with Gasteiger partial charge in [0.25, 0.3) is 10.0 Å². The van der Waals surface area contributed by atoms with Crippen molar-refractivity contribution < 1.29 is 27.5 Å². The number of nitrogens with zero attached hydrogens (tertiary/aromatic N) is 2. The molecule has 2 unspecified atom stereocenters. The number of sulfonamides is 1. The summed E-state index contributed by atoms with van der Waals surface area (Å²) in [7, 11) is -1.25. The van der Waals surface area contributed by atoms with Gasteiger partial charge in [0.1, 0.15) is 24.1 Å². The molecule has 2 atom stereocenters. The molecule has 4 rings (SSSR count). The zero-order valence-electron chi connectivity index (χ0n) is 26.9. The second-order valence-corrected chi connectivity index (χ2v) is 13.4. The third-order valence-electron chi connectivity index (χ3n) is 7.78. The number of halogens is 1. The lowest BCUT2D eigenvalue weighted by Crippen LogP contribution is -2.54. The van der Waals surface area contributed by atoms with Crippen LogP contribution >= 0.6 is 11.6 Å². The first kappa shape index (κ1) is 35.3. The topological polar surface area (TPSA) is 105 Å². The Morgan fingerprint density at radius 2 is 1.49 bits per heavy atom. The SMILES string of the molecule is CCC(C)NC(=O)C(Cc1ccccc1)N(Cc1cccc(OC)c1)C(=O)CN(c1cccc(Cl)c1)S(=O)(=O)c1ccc(OC)cc1. The van der Waals surface area contributed by atoms with Gasteiger partial charge in [0.05, 0.1) is 24.8 Å². The third kappa shape index (κ3) is 9.27. The summed E-state index contributed by atoms with van der Waals surface area (Å²) in [6.45, 7) is 3.28. The van der Waals surface area contributed by atoms with Gasteiger partial charge in [-0.25, -0.2) is 8.42 Å². The molecule has 0 aliphatic rings. The van der Waals surface area contributed by atoms with Crippen LogP contribution in [0.15, 0.2) is 108 Å². The monoisotopic (exact) mass is 677 g/mol. The molecule has 4 aromatic carbocycles. The van der Waals surface area contributed by atoms with Crippen molar-refractivity contribution in [1.82, 2.24) is 10.2 Å². The van der Waals surface area contributed by atoms with Crippen molar-refractivity contribution >= 4 is 39.1 Å². The highest BCUT2D eigenvalue weighted by Gasteiger charge is 2.35. The fourth-order valence-electron chi connectivity index (χ4n) is 5.00. The minimum Gasteiger partial charge on any atom is -0.497 e. The van der Waals surface area contributed by atoms with Gasteiger partial charge >= 0.3 is 0 Å². The number of hydrogen-bond donors (Lipinski definition) is 1. The van der Waals surface area contributed by atoms with E-state index in [0.29, 0.717) is 28.5 Å². The van der Waals surface area contributed by atoms with Crippen molar-refractivity contribution in [3.8, 4) is 11.5 Å². The number of rotatable bonds is 15. The number of carbonyl (C=O) groups excluding carboxylic acids is 2. The van der Waals surface area contributed by atoms with Crippen molar-refractivity contribution in [3.63, 3.8) is 0 Å². The Kier molecular flexibility index (Phi) is 12.3. The molecule has 47 heavy (non-hydrogen) atoms. The van der Waals surface area contributed by atoms with Gasteiger partial charge < -0.3 is 19.7 Å². The highest BCUT2D eigenvalue weighted by Crippen LogP contribution is 2.28. The number of benzene rings is 4. The van der Waals surface area contributed by atoms with Crippen LogP contribution < -0.4 is 19.1 Å². The molecule has 0 heterocycles. The number of anilines is 1. The van der Waals surface area contributed by atoms with E-state index in [1.54, 1.807) is 43.5 Å². The third-order valence-corrected chi connectivity index (χ3v) is 9.80. The number of nitrogens with one attached hydrogen (secondary N) is 1. The molecule has 9 nitrogen and oxygen atoms in total. The van der Waals surface area contributed by atoms with Gasteiger partial charge in [-0.1, -0.05) is 67.1 Å². The van der Waals surface area contributed by atoms with Gasteiger partial charge in [-0.05, 0) is 79.1 Å². The molecule has 0 aliphatic heterocycles. The predicted molar refractivity (Wildman–Crippen MR) is 184 cm³/mol. The molecule has 11 heteroatoms. The first-order valence-corrected chi connectivity index (χ1v) is 17.1. The quantitative estimate of drug-likeness (QED) is 0.163. The van der Waals surface area contributed by atoms with Gasteiger partial charge in [0, 0.05) is 24.0 Å². The summed E-state index contributed by atoms with van der Waals surface area (Å²) >= 11 is 6.31. The average molecular weight is 678 g/mol. The van der Waals surface area contributed by atoms with Crippen LogP contribution in [0.4, 0.5) is 5.69 Å². The van der Waals surface area contributed by atoms with Crippen LogP contribution in [0.25, 0.3) is 0 Å². The van der Waals surface area contributed by atoms with Gasteiger partial charge in [0.2, 0.25) is 11.8 Å². The van der Waals surface area contributed by atoms with Crippen LogP contribution in [-0.2, 0) is 32.6 Å². The maximum absolute atomic E-state index is 14.6. The lowest BCUT2D eigenvalue weighted by molar-refractivity contribution is -0.140. The summed E-state index contributed by atoms with van der Waals surface area (Å²) in [5.74, 6) is 0.146. The predicted octanol–water partition coefficient (Wildman–Crippen LogP) is 6.11. The first-order valence-electron chi connectivity index (χ1n) is 15.2. The minimum absolute atomic E-state index is 0.0213. The average Bonchev–Trinajstić information content (AvgIpc) is 3.08. The second-order valence-electron chi connectivity index (χ2n) is 11.1. The van der Waals surface area contributed by atoms with E-state index in [2.05, 4.69) is 5.32 Å². The Hall–Kier alpha value is -4.54. The summed E-state index contributed by atoms with van der Waals surface area (Å²) in [4.78, 5) is 30.0. The number of amides is 2. The summed E-state index contributed by atoms with van der Waals surface area (Å²) in [6, 6.07) is 27.7. The van der Waals surface area contributed by atoms with Crippen LogP contribution in [0.5, 0.6) is 11.5 Å². The normalized spacial score (nSPS) is 12.4. The molecule has 4 aromatic rings. The summed E-state index contributed by atoms with van der Waals surface area (Å²) < 4.78 is 40.0. The fraction of sp³-hybridized carbons (Fsp3) is 0.278. The highest BCUT2D eigenvalue weighted by molar-refractivity contribution is 7.92. The number of carbonyl (C=O) groups is 2. The van der Waals surface area contributed by atoms with E-state index in [-0.39, 0.29) is 35.5 Å². The minimum atomic E-state index is -4.28. The van der Waals surface area contributed by atoms with Crippen LogP contribution in [0.2, 0.25) is 5.02 Å². The van der Waals surface area contributed by atoms with Gasteiger partial charge in [-0.15, -0.1) is 0 Å². The van der Waals surface area contributed by atoms with Crippen molar-refractivity contribution in [1.29, 1.82) is 0 Å². The summed E-state index contributed by atoms with van der Waals surface area (Å²) in [5, 5.41) is 3.33. The van der Waals surface area contributed by atoms with E-state index in [9.17, 15) is 18.0 Å². The molecule has 0 fully saturated rings. The van der Waals surface area contributed by atoms with E-state index >= 15 is 0 Å². The van der Waals surface area contributed by atoms with Crippen molar-refractivity contribution in [2.45, 2.75) is 50.2 Å². The summed E-state index contributed by atoms with van der Waals surface area (Å²) in [5.41, 5.74) is 1.75. The first-order chi connectivity index (χ1) is 22.5. The molecule has 0 saturated carbocycles. The number of methoxy groups -OCH3 is 2. The fourth-order valence-corrected chi connectivity index (χ4v) is 6.59. The molecule has 0 spiro atoms. The Morgan fingerprint density at radius 1 is 0.830 bits per heavy atom. The Labute approximate surface area is 282 Å². The van der Waals surface area contributed by atoms with Crippen molar-refractivity contribution in [2.75, 3.05) is 25.1 Å². The molecular weight excluding hydrogens is 638 g/mol. The zero-order valence-corrected chi connectivity index (χ0v) is 28.5. The van der Waals surface area contributed by atoms with Gasteiger partial charge in [-0.3, -0.25) is 13.9 Å². The van der Waals surface area contributed by atoms with Crippen molar-refractivity contribution in [2.24, 2.45) is 0 Å². The molecule has 248 valence electrons. The van der Waals surface area contributed by atoms with Crippen molar-refractivity contribution in [3.05, 3.63) is 119 Å². The van der Waals surface area contributed by atoms with E-state index in [4.69, 9.17) is 21.1 Å². The lowest BCUT2D eigenvalue weighted by Gasteiger charge is -2.34. The summed E-state index contributed by atoms with van der Waals surface area (Å²) in [6.07, 6.45) is 0.900. The molecule has 0 aliphatic carbocycles. The number of ether oxygens (including phenoxy) is 2. The van der Waals surface area contributed by atoms with E-state index in [1.165, 1.54) is 42.3 Å². The molecule has 0 bridgehead atoms. The highest BCUT2D eigenvalue weighted by atomic mass is 35.5. The maximum Gasteiger partial charge on any atom is 0.264 e. The molecule has 1 N–H and O–H groups in total. The Morgan fingerprint density at radius 3 is 2.13 bits per heavy atom. The van der Waals surface area contributed by atoms with Crippen LogP contribution in [-0.4, -0.2) is 58.0 Å². The Balaban J connectivity index is 1.82.